The van der Waals surface area contributed by atoms with E-state index in [9.17, 15) is 4.79 Å². The Hall–Kier alpha value is -2.88. The maximum absolute atomic E-state index is 12.5. The molecular formula is C23H26N2O2. The number of nitrogens with zero attached hydrogens (tertiary/aromatic N) is 2. The summed E-state index contributed by atoms with van der Waals surface area (Å²) in [4.78, 5) is 12.5. The van der Waals surface area contributed by atoms with E-state index in [0.717, 1.165) is 29.0 Å². The summed E-state index contributed by atoms with van der Waals surface area (Å²) >= 11 is 0. The van der Waals surface area contributed by atoms with Gasteiger partial charge in [-0.25, -0.2) is 4.68 Å². The number of hydrogen-bond donors (Lipinski definition) is 0. The Bertz CT molecular complexity index is 972. The number of rotatable bonds is 6. The minimum atomic E-state index is 0.00522. The monoisotopic (exact) mass is 362 g/mol. The Morgan fingerprint density at radius 3 is 2.41 bits per heavy atom. The third-order valence-corrected chi connectivity index (χ3v) is 4.71. The van der Waals surface area contributed by atoms with Gasteiger partial charge in [-0.1, -0.05) is 44.2 Å². The van der Waals surface area contributed by atoms with E-state index < -0.39 is 0 Å². The van der Waals surface area contributed by atoms with Crippen LogP contribution in [0, 0.1) is 0 Å². The van der Waals surface area contributed by atoms with Crippen LogP contribution in [-0.4, -0.2) is 16.9 Å². The van der Waals surface area contributed by atoms with Gasteiger partial charge in [0.2, 0.25) is 0 Å². The van der Waals surface area contributed by atoms with Gasteiger partial charge in [0.1, 0.15) is 5.75 Å². The average molecular weight is 362 g/mol. The van der Waals surface area contributed by atoms with Crippen molar-refractivity contribution in [2.75, 3.05) is 7.11 Å². The molecule has 0 amide bonds. The van der Waals surface area contributed by atoms with E-state index in [-0.39, 0.29) is 11.5 Å². The topological polar surface area (TPSA) is 44.1 Å². The number of hydrogen-bond acceptors (Lipinski definition) is 3. The van der Waals surface area contributed by atoms with Gasteiger partial charge in [-0.2, -0.15) is 5.10 Å². The Labute approximate surface area is 160 Å². The molecule has 0 saturated heterocycles. The van der Waals surface area contributed by atoms with E-state index in [1.165, 1.54) is 11.1 Å². The normalized spacial score (nSPS) is 11.0. The SMILES string of the molecule is CCn1nc(-c2cccc(Cc3ccc(OC)cc3)c2)cc(C(C)C)c1=O. The molecule has 0 aliphatic heterocycles. The Kier molecular flexibility index (Phi) is 5.75. The Morgan fingerprint density at radius 1 is 1.04 bits per heavy atom. The summed E-state index contributed by atoms with van der Waals surface area (Å²) in [6.07, 6.45) is 0.836. The fraction of sp³-hybridized carbons (Fsp3) is 0.304. The molecule has 0 spiro atoms. The fourth-order valence-electron chi connectivity index (χ4n) is 3.15. The van der Waals surface area contributed by atoms with Crippen molar-refractivity contribution >= 4 is 0 Å². The second-order valence-corrected chi connectivity index (χ2v) is 6.99. The molecule has 0 unspecified atom stereocenters. The molecular weight excluding hydrogens is 336 g/mol. The molecule has 0 N–H and O–H groups in total. The van der Waals surface area contributed by atoms with E-state index in [1.807, 2.05) is 45.0 Å². The summed E-state index contributed by atoms with van der Waals surface area (Å²) in [5.41, 5.74) is 5.12. The van der Waals surface area contributed by atoms with Crippen molar-refractivity contribution in [2.24, 2.45) is 0 Å². The highest BCUT2D eigenvalue weighted by molar-refractivity contribution is 5.60. The summed E-state index contributed by atoms with van der Waals surface area (Å²) in [5.74, 6) is 1.03. The lowest BCUT2D eigenvalue weighted by Gasteiger charge is -2.12. The highest BCUT2D eigenvalue weighted by Gasteiger charge is 2.12. The van der Waals surface area contributed by atoms with Crippen molar-refractivity contribution in [1.29, 1.82) is 0 Å². The van der Waals surface area contributed by atoms with Crippen LogP contribution in [0.5, 0.6) is 5.75 Å². The van der Waals surface area contributed by atoms with E-state index in [4.69, 9.17) is 4.74 Å². The van der Waals surface area contributed by atoms with E-state index in [2.05, 4.69) is 35.4 Å². The molecule has 4 nitrogen and oxygen atoms in total. The zero-order valence-electron chi connectivity index (χ0n) is 16.4. The zero-order valence-corrected chi connectivity index (χ0v) is 16.4. The maximum atomic E-state index is 12.5. The molecule has 0 bridgehead atoms. The number of benzene rings is 2. The van der Waals surface area contributed by atoms with Crippen molar-refractivity contribution < 1.29 is 4.74 Å². The second kappa shape index (κ2) is 8.21. The average Bonchev–Trinajstić information content (AvgIpc) is 2.68. The molecule has 1 heterocycles. The van der Waals surface area contributed by atoms with Gasteiger partial charge < -0.3 is 4.74 Å². The van der Waals surface area contributed by atoms with Crippen LogP contribution in [-0.2, 0) is 13.0 Å². The molecule has 0 radical (unpaired) electrons. The van der Waals surface area contributed by atoms with Crippen molar-refractivity contribution in [3.63, 3.8) is 0 Å². The summed E-state index contributed by atoms with van der Waals surface area (Å²) in [7, 11) is 1.67. The Balaban J connectivity index is 1.95. The van der Waals surface area contributed by atoms with Gasteiger partial charge in [0.05, 0.1) is 12.8 Å². The molecule has 1 aromatic heterocycles. The molecule has 0 atom stereocenters. The van der Waals surface area contributed by atoms with Crippen molar-refractivity contribution in [3.8, 4) is 17.0 Å². The van der Waals surface area contributed by atoms with E-state index in [0.29, 0.717) is 6.54 Å². The van der Waals surface area contributed by atoms with Crippen LogP contribution in [0.4, 0.5) is 0 Å². The molecule has 0 saturated carbocycles. The first-order chi connectivity index (χ1) is 13.0. The van der Waals surface area contributed by atoms with Crippen LogP contribution < -0.4 is 10.3 Å². The van der Waals surface area contributed by atoms with Crippen molar-refractivity contribution in [2.45, 2.75) is 39.7 Å². The molecule has 0 aliphatic rings. The van der Waals surface area contributed by atoms with Crippen LogP contribution in [0.3, 0.4) is 0 Å². The lowest BCUT2D eigenvalue weighted by molar-refractivity contribution is 0.414. The molecule has 0 aliphatic carbocycles. The molecule has 0 fully saturated rings. The number of aromatic nitrogens is 2. The highest BCUT2D eigenvalue weighted by atomic mass is 16.5. The summed E-state index contributed by atoms with van der Waals surface area (Å²) in [6.45, 7) is 6.60. The van der Waals surface area contributed by atoms with Gasteiger partial charge in [-0.05, 0) is 54.7 Å². The van der Waals surface area contributed by atoms with Crippen LogP contribution in [0.2, 0.25) is 0 Å². The molecule has 2 aromatic carbocycles. The molecule has 27 heavy (non-hydrogen) atoms. The smallest absolute Gasteiger partial charge is 0.270 e. The van der Waals surface area contributed by atoms with Gasteiger partial charge in [0.15, 0.2) is 0 Å². The first-order valence-electron chi connectivity index (χ1n) is 9.36. The van der Waals surface area contributed by atoms with E-state index >= 15 is 0 Å². The maximum Gasteiger partial charge on any atom is 0.270 e. The Morgan fingerprint density at radius 2 is 1.78 bits per heavy atom. The lowest BCUT2D eigenvalue weighted by Crippen LogP contribution is -2.26. The molecule has 4 heteroatoms. The summed E-state index contributed by atoms with van der Waals surface area (Å²) in [6, 6.07) is 18.4. The van der Waals surface area contributed by atoms with E-state index in [1.54, 1.807) is 11.8 Å². The van der Waals surface area contributed by atoms with Crippen LogP contribution in [0.25, 0.3) is 11.3 Å². The lowest BCUT2D eigenvalue weighted by atomic mass is 9.99. The first-order valence-corrected chi connectivity index (χ1v) is 9.36. The fourth-order valence-corrected chi connectivity index (χ4v) is 3.15. The number of aryl methyl sites for hydroxylation is 1. The second-order valence-electron chi connectivity index (χ2n) is 6.99. The van der Waals surface area contributed by atoms with Gasteiger partial charge in [0.25, 0.3) is 5.56 Å². The number of methoxy groups -OCH3 is 1. The number of ether oxygens (including phenoxy) is 1. The van der Waals surface area contributed by atoms with Crippen LogP contribution in [0.15, 0.2) is 59.4 Å². The van der Waals surface area contributed by atoms with Gasteiger partial charge >= 0.3 is 0 Å². The predicted octanol–water partition coefficient (Wildman–Crippen LogP) is 4.65. The third kappa shape index (κ3) is 4.27. The van der Waals surface area contributed by atoms with Crippen LogP contribution >= 0.6 is 0 Å². The minimum Gasteiger partial charge on any atom is -0.497 e. The zero-order chi connectivity index (χ0) is 19.4. The van der Waals surface area contributed by atoms with Gasteiger partial charge in [-0.3, -0.25) is 4.79 Å². The molecule has 3 aromatic rings. The van der Waals surface area contributed by atoms with Gasteiger partial charge in [0, 0.05) is 17.7 Å². The first kappa shape index (κ1) is 18.9. The van der Waals surface area contributed by atoms with Crippen LogP contribution in [0.1, 0.15) is 43.4 Å². The largest absolute Gasteiger partial charge is 0.497 e. The summed E-state index contributed by atoms with van der Waals surface area (Å²) in [5, 5.41) is 4.56. The minimum absolute atomic E-state index is 0.00522. The standard InChI is InChI=1S/C23H26N2O2/c1-5-25-23(26)21(16(2)3)15-22(24-25)19-8-6-7-18(14-19)13-17-9-11-20(27-4)12-10-17/h6-12,14-16H,5,13H2,1-4H3. The summed E-state index contributed by atoms with van der Waals surface area (Å²) < 4.78 is 6.78. The third-order valence-electron chi connectivity index (χ3n) is 4.71. The quantitative estimate of drug-likeness (QED) is 0.641. The van der Waals surface area contributed by atoms with Crippen molar-refractivity contribution in [1.82, 2.24) is 9.78 Å². The highest BCUT2D eigenvalue weighted by Crippen LogP contribution is 2.22. The predicted molar refractivity (Wildman–Crippen MR) is 109 cm³/mol. The van der Waals surface area contributed by atoms with Gasteiger partial charge in [-0.15, -0.1) is 0 Å². The molecule has 3 rings (SSSR count). The molecule has 140 valence electrons. The van der Waals surface area contributed by atoms with Crippen molar-refractivity contribution in [3.05, 3.63) is 81.6 Å².